The third kappa shape index (κ3) is 6.09. The van der Waals surface area contributed by atoms with Gasteiger partial charge in [-0.05, 0) is 56.7 Å². The molecule has 44 heavy (non-hydrogen) atoms. The van der Waals surface area contributed by atoms with E-state index in [4.69, 9.17) is 21.1 Å². The van der Waals surface area contributed by atoms with E-state index in [0.29, 0.717) is 43.0 Å². The Kier molecular flexibility index (Phi) is 8.85. The summed E-state index contributed by atoms with van der Waals surface area (Å²) in [7, 11) is 1.47. The number of fused-ring (bicyclic) bond motifs is 1. The summed E-state index contributed by atoms with van der Waals surface area (Å²) in [6, 6.07) is 9.44. The Bertz CT molecular complexity index is 2100. The number of aryl methyl sites for hydroxylation is 1. The fourth-order valence-corrected chi connectivity index (χ4v) is 6.84. The molecule has 0 radical (unpaired) electrons. The van der Waals surface area contributed by atoms with Crippen LogP contribution in [0.3, 0.4) is 0 Å². The van der Waals surface area contributed by atoms with E-state index in [-0.39, 0.29) is 33.1 Å². The average Bonchev–Trinajstić information content (AvgIpc) is 3.26. The van der Waals surface area contributed by atoms with Gasteiger partial charge in [-0.25, -0.2) is 14.8 Å². The molecular weight excluding hydrogens is 630 g/mol. The maximum atomic E-state index is 14.1. The van der Waals surface area contributed by atoms with Crippen molar-refractivity contribution in [2.45, 2.75) is 36.9 Å². The molecule has 1 aliphatic rings. The lowest BCUT2D eigenvalue weighted by molar-refractivity contribution is -0.384. The smallest absolute Gasteiger partial charge is 0.338 e. The van der Waals surface area contributed by atoms with Gasteiger partial charge in [-0.15, -0.1) is 0 Å². The van der Waals surface area contributed by atoms with Gasteiger partial charge in [-0.1, -0.05) is 34.7 Å². The predicted octanol–water partition coefficient (Wildman–Crippen LogP) is 3.91. The number of thiazole rings is 1. The van der Waals surface area contributed by atoms with Crippen LogP contribution < -0.4 is 25.2 Å². The van der Waals surface area contributed by atoms with Crippen molar-refractivity contribution < 1.29 is 19.2 Å². The van der Waals surface area contributed by atoms with Crippen LogP contribution in [0.4, 0.5) is 5.69 Å². The second-order valence-corrected chi connectivity index (χ2v) is 11.9. The summed E-state index contributed by atoms with van der Waals surface area (Å²) >= 11 is 8.50. The van der Waals surface area contributed by atoms with Gasteiger partial charge >= 0.3 is 5.97 Å². The third-order valence-corrected chi connectivity index (χ3v) is 8.75. The van der Waals surface area contributed by atoms with Gasteiger partial charge in [0.2, 0.25) is 0 Å². The molecule has 0 aliphatic carbocycles. The van der Waals surface area contributed by atoms with E-state index < -0.39 is 22.5 Å². The number of rotatable bonds is 8. The number of nitrogens with one attached hydrogen (secondary N) is 1. The number of hydrogen-bond donors (Lipinski definition) is 1. The summed E-state index contributed by atoms with van der Waals surface area (Å²) in [6.07, 6.45) is 1.52. The number of esters is 1. The van der Waals surface area contributed by atoms with Crippen molar-refractivity contribution in [3.63, 3.8) is 0 Å². The van der Waals surface area contributed by atoms with Crippen LogP contribution in [0.25, 0.3) is 6.08 Å². The second kappa shape index (κ2) is 12.6. The molecule has 0 saturated heterocycles. The zero-order valence-corrected chi connectivity index (χ0v) is 26.1. The number of allylic oxidation sites excluding steroid dienone is 1. The highest BCUT2D eigenvalue weighted by atomic mass is 35.5. The van der Waals surface area contributed by atoms with Gasteiger partial charge in [0, 0.05) is 39.4 Å². The zero-order chi connectivity index (χ0) is 31.7. The maximum Gasteiger partial charge on any atom is 0.338 e. The van der Waals surface area contributed by atoms with Crippen molar-refractivity contribution in [1.29, 1.82) is 0 Å². The van der Waals surface area contributed by atoms with Crippen molar-refractivity contribution in [2.75, 3.05) is 13.7 Å². The number of carbonyl (C=O) groups is 1. The minimum Gasteiger partial charge on any atom is -0.496 e. The van der Waals surface area contributed by atoms with Crippen molar-refractivity contribution in [3.05, 3.63) is 116 Å². The Morgan fingerprint density at radius 3 is 2.68 bits per heavy atom. The lowest BCUT2D eigenvalue weighted by Crippen LogP contribution is -2.40. The van der Waals surface area contributed by atoms with E-state index in [1.807, 2.05) is 0 Å². The van der Waals surface area contributed by atoms with Crippen molar-refractivity contribution in [3.8, 4) is 5.75 Å². The molecular formula is C29H24ClN5O7S2. The van der Waals surface area contributed by atoms with Crippen LogP contribution in [0.5, 0.6) is 5.75 Å². The average molecular weight is 654 g/mol. The van der Waals surface area contributed by atoms with E-state index in [2.05, 4.69) is 15.0 Å². The number of benzene rings is 2. The highest BCUT2D eigenvalue weighted by molar-refractivity contribution is 7.99. The summed E-state index contributed by atoms with van der Waals surface area (Å²) in [4.78, 5) is 62.8. The number of nitro groups is 1. The molecule has 0 spiro atoms. The highest BCUT2D eigenvalue weighted by Gasteiger charge is 2.35. The number of non-ortho nitro benzene ring substituents is 1. The Morgan fingerprint density at radius 1 is 1.23 bits per heavy atom. The Hall–Kier alpha value is -4.53. The molecule has 1 N–H and O–H groups in total. The van der Waals surface area contributed by atoms with E-state index in [9.17, 15) is 24.5 Å². The molecule has 0 bridgehead atoms. The number of aromatic nitrogens is 3. The molecule has 0 fully saturated rings. The topological polar surface area (TPSA) is 159 Å². The lowest BCUT2D eigenvalue weighted by Gasteiger charge is -2.26. The largest absolute Gasteiger partial charge is 0.496 e. The third-order valence-electron chi connectivity index (χ3n) is 6.55. The van der Waals surface area contributed by atoms with Crippen molar-refractivity contribution in [1.82, 2.24) is 14.5 Å². The first-order chi connectivity index (χ1) is 21.0. The molecule has 226 valence electrons. The van der Waals surface area contributed by atoms with Crippen LogP contribution in [0.15, 0.2) is 78.4 Å². The minimum absolute atomic E-state index is 0.105. The van der Waals surface area contributed by atoms with E-state index >= 15 is 0 Å². The second-order valence-electron chi connectivity index (χ2n) is 9.46. The molecule has 0 saturated carbocycles. The van der Waals surface area contributed by atoms with Gasteiger partial charge in [-0.3, -0.25) is 24.3 Å². The van der Waals surface area contributed by atoms with Crippen LogP contribution in [-0.2, 0) is 9.53 Å². The molecule has 0 amide bonds. The molecule has 2 aromatic carbocycles. The van der Waals surface area contributed by atoms with Gasteiger partial charge < -0.3 is 14.5 Å². The number of carbonyl (C=O) groups excluding carboxylic acids is 1. The van der Waals surface area contributed by atoms with E-state index in [1.165, 1.54) is 42.0 Å². The number of methoxy groups -OCH3 is 1. The molecule has 0 unspecified atom stereocenters. The predicted molar refractivity (Wildman–Crippen MR) is 165 cm³/mol. The Morgan fingerprint density at radius 2 is 2.00 bits per heavy atom. The van der Waals surface area contributed by atoms with Crippen LogP contribution in [0.2, 0.25) is 5.02 Å². The van der Waals surface area contributed by atoms with Gasteiger partial charge in [-0.2, -0.15) is 0 Å². The molecule has 2 aromatic heterocycles. The van der Waals surface area contributed by atoms with Crippen LogP contribution in [-0.4, -0.2) is 39.1 Å². The lowest BCUT2D eigenvalue weighted by atomic mass is 9.95. The fourth-order valence-electron chi connectivity index (χ4n) is 4.71. The summed E-state index contributed by atoms with van der Waals surface area (Å²) in [5.74, 6) is -0.255. The summed E-state index contributed by atoms with van der Waals surface area (Å²) in [5, 5.41) is 12.3. The van der Waals surface area contributed by atoms with Crippen molar-refractivity contribution in [2.24, 2.45) is 4.99 Å². The standard InChI is InChI=1S/C29H24ClN5O7S2/c1-5-42-27(38)24-15(3)32-29-34(25(24)19-13-17(30)6-8-20(19)41-4)26(37)22(44-29)12-16-11-18(35(39)40)7-9-21(16)43-28-31-14(2)10-23(36)33-28/h6-13,25H,5H2,1-4H3,(H,31,33,36)/b22-12-/t25-/m1/s1. The van der Waals surface area contributed by atoms with E-state index in [0.717, 1.165) is 23.1 Å². The number of ether oxygens (including phenoxy) is 2. The van der Waals surface area contributed by atoms with Crippen LogP contribution in [0, 0.1) is 17.0 Å². The molecule has 5 rings (SSSR count). The number of halogens is 1. The number of nitro benzene ring substituents is 1. The summed E-state index contributed by atoms with van der Waals surface area (Å²) in [6.45, 7) is 5.11. The normalized spacial score (nSPS) is 14.7. The van der Waals surface area contributed by atoms with Crippen LogP contribution in [0.1, 0.15) is 36.7 Å². The number of H-pyrrole nitrogens is 1. The first-order valence-corrected chi connectivity index (χ1v) is 15.1. The van der Waals surface area contributed by atoms with Gasteiger partial charge in [0.25, 0.3) is 16.8 Å². The van der Waals surface area contributed by atoms with Crippen molar-refractivity contribution >= 4 is 52.4 Å². The number of hydrogen-bond acceptors (Lipinski definition) is 11. The zero-order valence-electron chi connectivity index (χ0n) is 23.7. The molecule has 4 aromatic rings. The molecule has 1 atom stereocenters. The van der Waals surface area contributed by atoms with Gasteiger partial charge in [0.1, 0.15) is 11.8 Å². The van der Waals surface area contributed by atoms with Gasteiger partial charge in [0.05, 0.1) is 34.4 Å². The highest BCUT2D eigenvalue weighted by Crippen LogP contribution is 2.37. The Labute approximate surface area is 262 Å². The molecule has 15 heteroatoms. The molecule has 3 heterocycles. The first-order valence-electron chi connectivity index (χ1n) is 13.1. The fraction of sp³-hybridized carbons (Fsp3) is 0.207. The Balaban J connectivity index is 1.75. The first kappa shape index (κ1) is 30.9. The summed E-state index contributed by atoms with van der Waals surface area (Å²) in [5.41, 5.74) is 0.749. The monoisotopic (exact) mass is 653 g/mol. The molecule has 1 aliphatic heterocycles. The van der Waals surface area contributed by atoms with Gasteiger partial charge in [0.15, 0.2) is 9.96 Å². The quantitative estimate of drug-likeness (QED) is 0.129. The maximum absolute atomic E-state index is 14.1. The SMILES string of the molecule is CCOC(=O)C1=C(C)N=c2s/c(=C\c3cc([N+](=O)[O-])ccc3Sc3nc(C)cc(=O)[nH]3)c(=O)n2[C@@H]1c1cc(Cl)ccc1OC. The number of aromatic amines is 1. The van der Waals surface area contributed by atoms with Crippen LogP contribution >= 0.6 is 34.7 Å². The summed E-state index contributed by atoms with van der Waals surface area (Å²) < 4.78 is 12.5. The van der Waals surface area contributed by atoms with E-state index in [1.54, 1.807) is 39.0 Å². The molecule has 12 nitrogen and oxygen atoms in total. The minimum atomic E-state index is -0.985. The number of nitrogens with zero attached hydrogens (tertiary/aromatic N) is 4.